The number of nitrogens with zero attached hydrogens (tertiary/aromatic N) is 2. The molecule has 0 saturated carbocycles. The lowest BCUT2D eigenvalue weighted by atomic mass is 10.00. The Morgan fingerprint density at radius 3 is 2.72 bits per heavy atom. The van der Waals surface area contributed by atoms with Crippen molar-refractivity contribution in [1.29, 1.82) is 5.26 Å². The number of hydrogen-bond donors (Lipinski definition) is 0. The van der Waals surface area contributed by atoms with Crippen LogP contribution >= 0.6 is 0 Å². The van der Waals surface area contributed by atoms with Crippen molar-refractivity contribution in [3.63, 3.8) is 0 Å². The van der Waals surface area contributed by atoms with E-state index in [1.54, 1.807) is 32.0 Å². The first kappa shape index (κ1) is 18.3. The normalized spacial score (nSPS) is 10.4. The van der Waals surface area contributed by atoms with Crippen LogP contribution in [0.25, 0.3) is 11.3 Å². The molecule has 0 aliphatic heterocycles. The highest BCUT2D eigenvalue weighted by Crippen LogP contribution is 2.33. The van der Waals surface area contributed by atoms with Gasteiger partial charge in [-0.2, -0.15) is 5.26 Å². The maximum atomic E-state index is 12.5. The molecule has 0 bridgehead atoms. The van der Waals surface area contributed by atoms with Gasteiger partial charge in [-0.25, -0.2) is 13.6 Å². The van der Waals surface area contributed by atoms with Gasteiger partial charge in [-0.05, 0) is 32.0 Å². The fraction of sp³-hybridized carbons (Fsp3) is 0.278. The summed E-state index contributed by atoms with van der Waals surface area (Å²) < 4.78 is 35.0. The molecule has 0 fully saturated rings. The molecule has 0 aliphatic rings. The molecule has 2 rings (SSSR count). The van der Waals surface area contributed by atoms with E-state index in [-0.39, 0.29) is 29.2 Å². The lowest BCUT2D eigenvalue weighted by Gasteiger charge is -2.14. The van der Waals surface area contributed by atoms with Crippen LogP contribution in [0.4, 0.5) is 8.78 Å². The molecule has 0 spiro atoms. The summed E-state index contributed by atoms with van der Waals surface area (Å²) in [4.78, 5) is 16.4. The minimum absolute atomic E-state index is 0.0112. The van der Waals surface area contributed by atoms with Crippen LogP contribution in [-0.4, -0.2) is 30.6 Å². The van der Waals surface area contributed by atoms with Crippen LogP contribution in [0.15, 0.2) is 30.3 Å². The first-order valence-electron chi connectivity index (χ1n) is 7.57. The van der Waals surface area contributed by atoms with Gasteiger partial charge >= 0.3 is 5.97 Å². The van der Waals surface area contributed by atoms with E-state index in [2.05, 4.69) is 4.98 Å². The van der Waals surface area contributed by atoms with Gasteiger partial charge in [-0.15, -0.1) is 0 Å². The van der Waals surface area contributed by atoms with E-state index in [4.69, 9.17) is 9.47 Å². The quantitative estimate of drug-likeness (QED) is 0.745. The number of pyridine rings is 1. The molecular weight excluding hydrogens is 330 g/mol. The first-order chi connectivity index (χ1) is 12.0. The Kier molecular flexibility index (Phi) is 6.01. The summed E-state index contributed by atoms with van der Waals surface area (Å²) in [6.07, 6.45) is -2.64. The number of nitriles is 1. The van der Waals surface area contributed by atoms with Gasteiger partial charge in [0, 0.05) is 11.3 Å². The van der Waals surface area contributed by atoms with Gasteiger partial charge in [-0.3, -0.25) is 4.98 Å². The molecule has 0 radical (unpaired) electrons. The number of halogens is 2. The Morgan fingerprint density at radius 2 is 2.08 bits per heavy atom. The first-order valence-corrected chi connectivity index (χ1v) is 7.57. The van der Waals surface area contributed by atoms with Gasteiger partial charge < -0.3 is 9.47 Å². The van der Waals surface area contributed by atoms with Crippen molar-refractivity contribution < 1.29 is 23.0 Å². The van der Waals surface area contributed by atoms with Crippen molar-refractivity contribution >= 4 is 5.97 Å². The third-order valence-corrected chi connectivity index (χ3v) is 3.26. The highest BCUT2D eigenvalue weighted by Gasteiger charge is 2.21. The summed E-state index contributed by atoms with van der Waals surface area (Å²) in [5, 5.41) is 9.52. The van der Waals surface area contributed by atoms with E-state index >= 15 is 0 Å². The number of rotatable bonds is 6. The van der Waals surface area contributed by atoms with Crippen LogP contribution in [-0.2, 0) is 4.74 Å². The maximum absolute atomic E-state index is 12.5. The van der Waals surface area contributed by atoms with Crippen LogP contribution in [0.2, 0.25) is 0 Å². The SMILES string of the molecule is CCOC(=O)c1cc(C)nc(-c2ccccc2OCC(F)F)c1C#N. The predicted molar refractivity (Wildman–Crippen MR) is 86.6 cm³/mol. The van der Waals surface area contributed by atoms with Crippen molar-refractivity contribution in [3.05, 3.63) is 47.2 Å². The van der Waals surface area contributed by atoms with Gasteiger partial charge in [0.05, 0.1) is 23.4 Å². The van der Waals surface area contributed by atoms with Crippen molar-refractivity contribution in [2.45, 2.75) is 20.3 Å². The summed E-state index contributed by atoms with van der Waals surface area (Å²) in [5.41, 5.74) is 1.12. The van der Waals surface area contributed by atoms with Crippen LogP contribution in [0.3, 0.4) is 0 Å². The summed E-state index contributed by atoms with van der Waals surface area (Å²) in [5.74, 6) is -0.482. The zero-order valence-electron chi connectivity index (χ0n) is 13.8. The lowest BCUT2D eigenvalue weighted by Crippen LogP contribution is -2.11. The van der Waals surface area contributed by atoms with Gasteiger partial charge in [0.2, 0.25) is 0 Å². The zero-order valence-corrected chi connectivity index (χ0v) is 13.8. The molecular formula is C18H16F2N2O3. The zero-order chi connectivity index (χ0) is 18.4. The molecule has 0 N–H and O–H groups in total. The molecule has 0 saturated heterocycles. The second-order valence-corrected chi connectivity index (χ2v) is 5.07. The highest BCUT2D eigenvalue weighted by molar-refractivity contribution is 5.95. The Morgan fingerprint density at radius 1 is 1.36 bits per heavy atom. The van der Waals surface area contributed by atoms with Crippen LogP contribution in [0.5, 0.6) is 5.75 Å². The topological polar surface area (TPSA) is 72.2 Å². The number of benzene rings is 1. The average molecular weight is 346 g/mol. The largest absolute Gasteiger partial charge is 0.487 e. The Bertz CT molecular complexity index is 816. The van der Waals surface area contributed by atoms with E-state index in [0.717, 1.165) is 0 Å². The number of ether oxygens (including phenoxy) is 2. The second-order valence-electron chi connectivity index (χ2n) is 5.07. The van der Waals surface area contributed by atoms with E-state index in [1.165, 1.54) is 12.1 Å². The lowest BCUT2D eigenvalue weighted by molar-refractivity contribution is 0.0525. The third kappa shape index (κ3) is 4.29. The van der Waals surface area contributed by atoms with Crippen LogP contribution in [0.1, 0.15) is 28.5 Å². The van der Waals surface area contributed by atoms with E-state index in [9.17, 15) is 18.8 Å². The molecule has 0 aliphatic carbocycles. The van der Waals surface area contributed by atoms with E-state index < -0.39 is 19.0 Å². The smallest absolute Gasteiger partial charge is 0.339 e. The molecule has 130 valence electrons. The van der Waals surface area contributed by atoms with E-state index in [1.807, 2.05) is 6.07 Å². The number of aromatic nitrogens is 1. The van der Waals surface area contributed by atoms with Crippen molar-refractivity contribution in [2.24, 2.45) is 0 Å². The van der Waals surface area contributed by atoms with Crippen molar-refractivity contribution in [1.82, 2.24) is 4.98 Å². The Balaban J connectivity index is 2.60. The highest BCUT2D eigenvalue weighted by atomic mass is 19.3. The van der Waals surface area contributed by atoms with E-state index in [0.29, 0.717) is 11.3 Å². The third-order valence-electron chi connectivity index (χ3n) is 3.26. The standard InChI is InChI=1S/C18H16F2N2O3/c1-3-24-18(23)13-8-11(2)22-17(14(13)9-21)12-6-4-5-7-15(12)25-10-16(19)20/h4-8,16H,3,10H2,1-2H3. The number of carbonyl (C=O) groups is 1. The monoisotopic (exact) mass is 346 g/mol. The van der Waals surface area contributed by atoms with Crippen molar-refractivity contribution in [2.75, 3.05) is 13.2 Å². The minimum Gasteiger partial charge on any atom is -0.487 e. The molecule has 1 aromatic carbocycles. The fourth-order valence-electron chi connectivity index (χ4n) is 2.29. The average Bonchev–Trinajstić information content (AvgIpc) is 2.59. The molecule has 25 heavy (non-hydrogen) atoms. The number of aryl methyl sites for hydroxylation is 1. The summed E-state index contributed by atoms with van der Waals surface area (Å²) in [6.45, 7) is 2.70. The predicted octanol–water partition coefficient (Wildman–Crippen LogP) is 3.75. The molecule has 1 aromatic heterocycles. The molecule has 0 atom stereocenters. The molecule has 5 nitrogen and oxygen atoms in total. The molecule has 0 amide bonds. The number of alkyl halides is 2. The van der Waals surface area contributed by atoms with Gasteiger partial charge in [0.1, 0.15) is 18.4 Å². The molecule has 2 aromatic rings. The minimum atomic E-state index is -2.64. The summed E-state index contributed by atoms with van der Waals surface area (Å²) >= 11 is 0. The maximum Gasteiger partial charge on any atom is 0.339 e. The van der Waals surface area contributed by atoms with Gasteiger partial charge in [-0.1, -0.05) is 12.1 Å². The summed E-state index contributed by atoms with van der Waals surface area (Å²) in [7, 11) is 0. The van der Waals surface area contributed by atoms with Crippen LogP contribution < -0.4 is 4.74 Å². The molecule has 7 heteroatoms. The Labute approximate surface area is 143 Å². The van der Waals surface area contributed by atoms with Gasteiger partial charge in [0.25, 0.3) is 6.43 Å². The summed E-state index contributed by atoms with van der Waals surface area (Å²) in [6, 6.07) is 9.81. The number of hydrogen-bond acceptors (Lipinski definition) is 5. The Hall–Kier alpha value is -3.01. The number of para-hydroxylation sites is 1. The number of esters is 1. The second kappa shape index (κ2) is 8.20. The number of carbonyl (C=O) groups excluding carboxylic acids is 1. The van der Waals surface area contributed by atoms with Crippen LogP contribution in [0, 0.1) is 18.3 Å². The van der Waals surface area contributed by atoms with Crippen molar-refractivity contribution in [3.8, 4) is 23.1 Å². The van der Waals surface area contributed by atoms with Gasteiger partial charge in [0.15, 0.2) is 0 Å². The fourth-order valence-corrected chi connectivity index (χ4v) is 2.29. The molecule has 0 unspecified atom stereocenters. The molecule has 1 heterocycles.